The average Bonchev–Trinajstić information content (AvgIpc) is 3.44. The topological polar surface area (TPSA) is 91.4 Å². The van der Waals surface area contributed by atoms with Crippen molar-refractivity contribution in [2.75, 3.05) is 13.2 Å². The molecule has 2 aromatic rings. The molecule has 1 aliphatic carbocycles. The molecule has 1 fully saturated rings. The lowest BCUT2D eigenvalue weighted by Gasteiger charge is -2.29. The number of nitrogens with zero attached hydrogens (tertiary/aromatic N) is 1. The molecule has 1 saturated carbocycles. The standard InChI is InChI=1S/C25H28F2N4O2/c26-25(27)10-22(25)16-33-23-6-5-20-15-31(8-7-19(20)9-23)14-18-3-1-17(2-4-18)13-30-24(32)21(11-28)12-29/h1-6,9,11-12,22,28H,7-8,10,13-16,29H2,(H,30,32). The van der Waals surface area contributed by atoms with Gasteiger partial charge in [-0.3, -0.25) is 9.69 Å². The molecule has 0 radical (unpaired) electrons. The summed E-state index contributed by atoms with van der Waals surface area (Å²) >= 11 is 0. The maximum atomic E-state index is 13.0. The Morgan fingerprint density at radius 2 is 1.94 bits per heavy atom. The van der Waals surface area contributed by atoms with E-state index in [2.05, 4.69) is 22.3 Å². The van der Waals surface area contributed by atoms with Gasteiger partial charge in [-0.25, -0.2) is 8.78 Å². The van der Waals surface area contributed by atoms with Crippen molar-refractivity contribution in [3.63, 3.8) is 0 Å². The molecule has 33 heavy (non-hydrogen) atoms. The quantitative estimate of drug-likeness (QED) is 0.400. The van der Waals surface area contributed by atoms with E-state index < -0.39 is 11.8 Å². The molecule has 2 aromatic carbocycles. The van der Waals surface area contributed by atoms with Gasteiger partial charge in [0.15, 0.2) is 0 Å². The highest BCUT2D eigenvalue weighted by atomic mass is 19.3. The largest absolute Gasteiger partial charge is 0.493 e. The van der Waals surface area contributed by atoms with E-state index in [-0.39, 0.29) is 24.5 Å². The number of nitrogens with one attached hydrogen (secondary N) is 2. The molecule has 1 amide bonds. The van der Waals surface area contributed by atoms with Crippen LogP contribution in [0.4, 0.5) is 8.78 Å². The second-order valence-electron chi connectivity index (χ2n) is 8.63. The first-order valence-electron chi connectivity index (χ1n) is 11.0. The third-order valence-corrected chi connectivity index (χ3v) is 6.16. The van der Waals surface area contributed by atoms with Crippen molar-refractivity contribution in [1.82, 2.24) is 10.2 Å². The fourth-order valence-electron chi connectivity index (χ4n) is 3.95. The van der Waals surface area contributed by atoms with Crippen molar-refractivity contribution >= 4 is 12.1 Å². The summed E-state index contributed by atoms with van der Waals surface area (Å²) in [4.78, 5) is 14.2. The Labute approximate surface area is 191 Å². The average molecular weight is 455 g/mol. The number of nitrogens with two attached hydrogens (primary N) is 1. The van der Waals surface area contributed by atoms with E-state index in [0.717, 1.165) is 44.0 Å². The number of alkyl halides is 2. The summed E-state index contributed by atoms with van der Waals surface area (Å²) in [6.07, 6.45) is 2.86. The van der Waals surface area contributed by atoms with Crippen LogP contribution in [-0.4, -0.2) is 36.1 Å². The van der Waals surface area contributed by atoms with Crippen molar-refractivity contribution < 1.29 is 18.3 Å². The van der Waals surface area contributed by atoms with Crippen LogP contribution < -0.4 is 15.8 Å². The molecule has 8 heteroatoms. The Balaban J connectivity index is 1.27. The lowest BCUT2D eigenvalue weighted by atomic mass is 9.99. The van der Waals surface area contributed by atoms with Crippen LogP contribution in [0.3, 0.4) is 0 Å². The zero-order valence-corrected chi connectivity index (χ0v) is 18.3. The molecule has 0 saturated heterocycles. The summed E-state index contributed by atoms with van der Waals surface area (Å²) < 4.78 is 31.6. The first kappa shape index (κ1) is 22.9. The van der Waals surface area contributed by atoms with Gasteiger partial charge in [-0.1, -0.05) is 30.3 Å². The summed E-state index contributed by atoms with van der Waals surface area (Å²) in [6, 6.07) is 14.0. The SMILES string of the molecule is N=CC(=CN)C(=O)NCc1ccc(CN2CCc3cc(OCC4CC4(F)F)ccc3C2)cc1. The van der Waals surface area contributed by atoms with Crippen LogP contribution in [0.1, 0.15) is 28.7 Å². The van der Waals surface area contributed by atoms with Crippen LogP contribution in [0.15, 0.2) is 54.2 Å². The number of amides is 1. The van der Waals surface area contributed by atoms with Crippen molar-refractivity contribution in [2.45, 2.75) is 38.4 Å². The van der Waals surface area contributed by atoms with Crippen LogP contribution >= 0.6 is 0 Å². The Bertz CT molecular complexity index is 1050. The van der Waals surface area contributed by atoms with E-state index >= 15 is 0 Å². The number of fused-ring (bicyclic) bond motifs is 1. The Kier molecular flexibility index (Phi) is 6.74. The van der Waals surface area contributed by atoms with Gasteiger partial charge >= 0.3 is 0 Å². The third kappa shape index (κ3) is 5.76. The predicted molar refractivity (Wildman–Crippen MR) is 122 cm³/mol. The number of benzene rings is 2. The van der Waals surface area contributed by atoms with Crippen LogP contribution in [-0.2, 0) is 30.8 Å². The number of halogens is 2. The molecule has 1 unspecified atom stereocenters. The minimum absolute atomic E-state index is 0.0696. The predicted octanol–water partition coefficient (Wildman–Crippen LogP) is 3.39. The Hall–Kier alpha value is -3.26. The van der Waals surface area contributed by atoms with Gasteiger partial charge in [0.05, 0.1) is 18.1 Å². The van der Waals surface area contributed by atoms with Crippen LogP contribution in [0.25, 0.3) is 0 Å². The van der Waals surface area contributed by atoms with E-state index in [1.54, 1.807) is 0 Å². The van der Waals surface area contributed by atoms with Crippen LogP contribution in [0.5, 0.6) is 5.75 Å². The number of carbonyl (C=O) groups is 1. The van der Waals surface area contributed by atoms with E-state index in [0.29, 0.717) is 12.3 Å². The molecule has 0 bridgehead atoms. The van der Waals surface area contributed by atoms with Crippen molar-refractivity contribution in [2.24, 2.45) is 11.7 Å². The number of ether oxygens (including phenoxy) is 1. The molecule has 0 spiro atoms. The summed E-state index contributed by atoms with van der Waals surface area (Å²) in [5, 5.41) is 9.90. The van der Waals surface area contributed by atoms with Crippen molar-refractivity contribution in [1.29, 1.82) is 5.41 Å². The molecular weight excluding hydrogens is 426 g/mol. The van der Waals surface area contributed by atoms with Crippen LogP contribution in [0, 0.1) is 11.3 Å². The summed E-state index contributed by atoms with van der Waals surface area (Å²) in [7, 11) is 0. The highest BCUT2D eigenvalue weighted by Gasteiger charge is 2.57. The van der Waals surface area contributed by atoms with E-state index in [1.807, 2.05) is 30.3 Å². The van der Waals surface area contributed by atoms with E-state index in [4.69, 9.17) is 15.9 Å². The molecule has 4 rings (SSSR count). The molecule has 1 atom stereocenters. The van der Waals surface area contributed by atoms with Crippen molar-refractivity contribution in [3.8, 4) is 5.75 Å². The Morgan fingerprint density at radius 1 is 1.21 bits per heavy atom. The first-order valence-corrected chi connectivity index (χ1v) is 11.0. The minimum atomic E-state index is -2.55. The van der Waals surface area contributed by atoms with Gasteiger partial charge in [0, 0.05) is 45.0 Å². The first-order chi connectivity index (χ1) is 15.9. The normalized spacial score (nSPS) is 19.5. The number of carbonyl (C=O) groups excluding carboxylic acids is 1. The molecule has 174 valence electrons. The second-order valence-corrected chi connectivity index (χ2v) is 8.63. The molecule has 6 nitrogen and oxygen atoms in total. The monoisotopic (exact) mass is 454 g/mol. The third-order valence-electron chi connectivity index (χ3n) is 6.16. The minimum Gasteiger partial charge on any atom is -0.493 e. The van der Waals surface area contributed by atoms with Gasteiger partial charge in [-0.15, -0.1) is 0 Å². The maximum Gasteiger partial charge on any atom is 0.255 e. The van der Waals surface area contributed by atoms with Crippen molar-refractivity contribution in [3.05, 3.63) is 76.5 Å². The summed E-state index contributed by atoms with van der Waals surface area (Å²) in [5.41, 5.74) is 10.0. The fourth-order valence-corrected chi connectivity index (χ4v) is 3.95. The number of hydrogen-bond donors (Lipinski definition) is 3. The molecule has 0 aromatic heterocycles. The van der Waals surface area contributed by atoms with Gasteiger partial charge in [0.2, 0.25) is 0 Å². The smallest absolute Gasteiger partial charge is 0.255 e. The lowest BCUT2D eigenvalue weighted by Crippen LogP contribution is -2.30. The lowest BCUT2D eigenvalue weighted by molar-refractivity contribution is -0.117. The van der Waals surface area contributed by atoms with Gasteiger partial charge in [-0.2, -0.15) is 0 Å². The zero-order chi connectivity index (χ0) is 23.4. The maximum absolute atomic E-state index is 13.0. The van der Waals surface area contributed by atoms with Gasteiger partial charge in [0.25, 0.3) is 11.8 Å². The van der Waals surface area contributed by atoms with Gasteiger partial charge < -0.3 is 21.2 Å². The van der Waals surface area contributed by atoms with Gasteiger partial charge in [0.1, 0.15) is 5.75 Å². The molecule has 2 aliphatic rings. The molecular formula is C25H28F2N4O2. The number of hydrogen-bond acceptors (Lipinski definition) is 5. The van der Waals surface area contributed by atoms with E-state index in [9.17, 15) is 13.6 Å². The Morgan fingerprint density at radius 3 is 2.61 bits per heavy atom. The zero-order valence-electron chi connectivity index (χ0n) is 18.3. The fraction of sp³-hybridized carbons (Fsp3) is 0.360. The molecule has 4 N–H and O–H groups in total. The number of rotatable bonds is 9. The summed E-state index contributed by atoms with van der Waals surface area (Å²) in [5.74, 6) is -2.90. The molecule has 1 heterocycles. The highest BCUT2D eigenvalue weighted by Crippen LogP contribution is 2.48. The highest BCUT2D eigenvalue weighted by molar-refractivity contribution is 6.11. The molecule has 1 aliphatic heterocycles. The second kappa shape index (κ2) is 9.70. The summed E-state index contributed by atoms with van der Waals surface area (Å²) in [6.45, 7) is 2.99. The van der Waals surface area contributed by atoms with E-state index in [1.165, 1.54) is 16.7 Å². The van der Waals surface area contributed by atoms with Crippen LogP contribution in [0.2, 0.25) is 0 Å². The van der Waals surface area contributed by atoms with Gasteiger partial charge in [-0.05, 0) is 40.8 Å².